The van der Waals surface area contributed by atoms with E-state index in [1.54, 1.807) is 0 Å². The predicted molar refractivity (Wildman–Crippen MR) is 339 cm³/mol. The molecule has 6 heterocycles. The van der Waals surface area contributed by atoms with E-state index >= 15 is 0 Å². The largest absolute Gasteiger partial charge is 0.481 e. The second kappa shape index (κ2) is 35.5. The van der Waals surface area contributed by atoms with Crippen LogP contribution in [0.4, 0.5) is 11.6 Å². The van der Waals surface area contributed by atoms with E-state index in [0.717, 1.165) is 46.2 Å². The number of hydrogen-bond acceptors (Lipinski definition) is 35. The Morgan fingerprint density at radius 1 is 0.550 bits per heavy atom. The number of phosphoric ester groups is 6. The number of nitrogens with two attached hydrogens (primary N) is 2. The van der Waals surface area contributed by atoms with E-state index in [2.05, 4.69) is 68.8 Å². The molecule has 20 N–H and O–H groups in total. The molecule has 55 heteroatoms. The third kappa shape index (κ3) is 25.4. The van der Waals surface area contributed by atoms with Crippen molar-refractivity contribution in [3.63, 3.8) is 0 Å². The first kappa shape index (κ1) is 84.4. The fourth-order valence-electron chi connectivity index (χ4n) is 8.83. The van der Waals surface area contributed by atoms with Gasteiger partial charge in [-0.2, -0.15) is 20.4 Å². The Kier molecular flexibility index (Phi) is 29.9. The Balaban J connectivity index is 0.782. The monoisotopic (exact) mass is 1590 g/mol. The van der Waals surface area contributed by atoms with Crippen molar-refractivity contribution < 1.29 is 156 Å². The first-order valence-corrected chi connectivity index (χ1v) is 40.0. The molecule has 4 amide bonds. The van der Waals surface area contributed by atoms with Gasteiger partial charge in [-0.3, -0.25) is 60.2 Å². The zero-order valence-corrected chi connectivity index (χ0v) is 59.7. The Morgan fingerprint density at radius 3 is 1.32 bits per heavy atom. The lowest BCUT2D eigenvalue weighted by Gasteiger charge is -2.30. The fourth-order valence-corrected chi connectivity index (χ4v) is 16.1. The lowest BCUT2D eigenvalue weighted by molar-refractivity contribution is -0.137. The molecule has 0 saturated carbocycles. The number of amides is 4. The number of aliphatic hydroxyl groups excluding tert-OH is 4. The van der Waals surface area contributed by atoms with Crippen LogP contribution in [-0.4, -0.2) is 246 Å². The molecule has 14 atom stereocenters. The summed E-state index contributed by atoms with van der Waals surface area (Å²) in [7, 11) is -33.2. The number of fused-ring (bicyclic) bond motifs is 2. The molecule has 4 aromatic heterocycles. The molecule has 2 fully saturated rings. The van der Waals surface area contributed by atoms with Crippen LogP contribution >= 0.6 is 70.5 Å². The predicted octanol–water partition coefficient (Wildman–Crippen LogP) is -2.79. The quantitative estimate of drug-likeness (QED) is 0.0158. The molecule has 100 heavy (non-hydrogen) atoms. The first-order chi connectivity index (χ1) is 46.3. The molecule has 0 radical (unpaired) electrons. The summed E-state index contributed by atoms with van der Waals surface area (Å²) < 4.78 is 125. The normalized spacial score (nSPS) is 23.0. The minimum Gasteiger partial charge on any atom is -0.386 e. The van der Waals surface area contributed by atoms with Gasteiger partial charge in [0, 0.05) is 73.5 Å². The van der Waals surface area contributed by atoms with Crippen LogP contribution in [0.1, 0.15) is 59.4 Å². The van der Waals surface area contributed by atoms with Crippen molar-refractivity contribution >= 4 is 133 Å². The number of ether oxygens (including phenoxy) is 2. The van der Waals surface area contributed by atoms with E-state index in [1.807, 2.05) is 0 Å². The number of aromatic nitrogens is 8. The highest BCUT2D eigenvalue weighted by atomic mass is 32.2. The standard InChI is InChI=1S/C45H74N14O33P6S2/c1-44(2,17-85-97(79,80)91-95(75,76)83-15-23-32(89-93(69,70)71)30(63)42(87-23)58-21-56-28-36(46)52-19-54-38(28)58)34(65)40(67)50-8-5-25(60)48-10-13-99-12-7-27(62)100-14-11-49-26(61)6-9-51-41(68)35(66)45(3,4)18-86-98(81,82)92-96(77,78)84-16-24-33(90-94(72,73)74)31(64)43(88-24)59-22-57-29-37(47)53-20-55-39(29)59/h19-24,30-35,42-43,63-66H,5-18H2,1-4H3,(H,48,60)(H,49,61)(H,50,67)(H,51,68)(H,75,76)(H,77,78)(H,79,80)(H,81,82)(H2,46,52,54)(H2,47,53,55)(H2,69,70,71)(H2,72,73,74)/t23?,24?,30-,31-,32-,33-,34+,35+,42?,43?/m1/s1. The number of nitrogens with zero attached hydrogens (tertiary/aromatic N) is 8. The van der Waals surface area contributed by atoms with Crippen LogP contribution in [0.5, 0.6) is 0 Å². The van der Waals surface area contributed by atoms with Gasteiger partial charge in [-0.1, -0.05) is 39.5 Å². The number of nitrogen functional groups attached to an aromatic ring is 2. The van der Waals surface area contributed by atoms with Crippen LogP contribution < -0.4 is 32.7 Å². The minimum atomic E-state index is -5.65. The van der Waals surface area contributed by atoms with Crippen LogP contribution in [-0.2, 0) is 96.6 Å². The number of carbonyl (C=O) groups excluding carboxylic acids is 5. The molecule has 2 aliphatic heterocycles. The SMILES string of the molecule is CC(C)(COP(=O)(O)OP(=O)(O)OCC1OC(n2cnc3c(N)ncnc32)[C@H](O)[C@@H]1OP(=O)(O)O)[C@@H](O)C(=O)NCCC(=O)NCCSCCC(=O)SCCNC(=O)CCNC(=O)[C@H](O)C(C)(C)COP(=O)(O)OP(=O)(O)OCC1OC(n2cnc3c(N)ncnc32)[C@H](O)[C@@H]1OP(=O)(O)O. The van der Waals surface area contributed by atoms with Gasteiger partial charge in [-0.05, 0) is 0 Å². The lowest BCUT2D eigenvalue weighted by atomic mass is 9.87. The molecular weight excluding hydrogens is 1510 g/mol. The number of carbonyl (C=O) groups is 5. The van der Waals surface area contributed by atoms with Crippen molar-refractivity contribution in [2.24, 2.45) is 10.8 Å². The van der Waals surface area contributed by atoms with Gasteiger partial charge < -0.3 is 102 Å². The van der Waals surface area contributed by atoms with Crippen molar-refractivity contribution in [1.82, 2.24) is 60.3 Å². The van der Waals surface area contributed by atoms with Crippen molar-refractivity contribution in [3.8, 4) is 0 Å². The lowest BCUT2D eigenvalue weighted by Crippen LogP contribution is -2.46. The molecule has 8 unspecified atom stereocenters. The van der Waals surface area contributed by atoms with Gasteiger partial charge >= 0.3 is 46.9 Å². The molecule has 4 aromatic rings. The highest BCUT2D eigenvalue weighted by Gasteiger charge is 2.52. The first-order valence-electron chi connectivity index (χ1n) is 28.8. The minimum absolute atomic E-state index is 0.00453. The van der Waals surface area contributed by atoms with Crippen molar-refractivity contribution in [2.45, 2.75) is 108 Å². The number of imidazole rings is 2. The van der Waals surface area contributed by atoms with Crippen molar-refractivity contribution in [3.05, 3.63) is 25.3 Å². The summed E-state index contributed by atoms with van der Waals surface area (Å²) in [6, 6.07) is 0. The average molecular weight is 1590 g/mol. The Morgan fingerprint density at radius 2 is 0.930 bits per heavy atom. The summed E-state index contributed by atoms with van der Waals surface area (Å²) >= 11 is 2.27. The summed E-state index contributed by atoms with van der Waals surface area (Å²) in [5.74, 6) is -2.38. The molecule has 0 spiro atoms. The fraction of sp³-hybridized carbons (Fsp3) is 0.667. The van der Waals surface area contributed by atoms with E-state index in [4.69, 9.17) is 39.0 Å². The Labute approximate surface area is 573 Å². The maximum Gasteiger partial charge on any atom is 0.481 e. The molecule has 0 aliphatic carbocycles. The van der Waals surface area contributed by atoms with Crippen molar-refractivity contribution in [2.75, 3.05) is 81.3 Å². The van der Waals surface area contributed by atoms with Crippen LogP contribution in [0.2, 0.25) is 0 Å². The van der Waals surface area contributed by atoms with Gasteiger partial charge in [-0.25, -0.2) is 57.3 Å². The number of rotatable bonds is 41. The summed E-state index contributed by atoms with van der Waals surface area (Å²) in [5.41, 5.74) is 8.24. The highest BCUT2D eigenvalue weighted by Crippen LogP contribution is 2.63. The van der Waals surface area contributed by atoms with E-state index < -0.39 is 169 Å². The zero-order chi connectivity index (χ0) is 74.6. The Bertz CT molecular complexity index is 3830. The molecule has 2 saturated heterocycles. The van der Waals surface area contributed by atoms with Gasteiger partial charge in [-0.15, -0.1) is 0 Å². The van der Waals surface area contributed by atoms with Crippen LogP contribution in [0, 0.1) is 10.8 Å². The van der Waals surface area contributed by atoms with Crippen molar-refractivity contribution in [1.29, 1.82) is 0 Å². The number of aliphatic hydroxyl groups is 4. The molecule has 47 nitrogen and oxygen atoms in total. The highest BCUT2D eigenvalue weighted by molar-refractivity contribution is 8.13. The second-order valence-electron chi connectivity index (χ2n) is 22.7. The number of thioether (sulfide) groups is 2. The molecule has 6 rings (SSSR count). The molecule has 2 aliphatic rings. The van der Waals surface area contributed by atoms with Gasteiger partial charge in [0.15, 0.2) is 40.5 Å². The number of nitrogens with one attached hydrogen (secondary N) is 4. The van der Waals surface area contributed by atoms with E-state index in [1.165, 1.54) is 39.5 Å². The molecule has 0 bridgehead atoms. The van der Waals surface area contributed by atoms with E-state index in [0.29, 0.717) is 11.5 Å². The van der Waals surface area contributed by atoms with E-state index in [9.17, 15) is 111 Å². The molecule has 564 valence electrons. The van der Waals surface area contributed by atoms with Crippen LogP contribution in [0.15, 0.2) is 25.3 Å². The number of phosphoric acid groups is 6. The maximum absolute atomic E-state index is 12.8. The maximum atomic E-state index is 12.8. The zero-order valence-electron chi connectivity index (χ0n) is 52.7. The number of hydrogen-bond donors (Lipinski definition) is 18. The van der Waals surface area contributed by atoms with Gasteiger partial charge in [0.1, 0.15) is 72.5 Å². The number of anilines is 2. The molecular formula is C45H74N14O33P6S2. The van der Waals surface area contributed by atoms with E-state index in [-0.39, 0.29) is 90.3 Å². The van der Waals surface area contributed by atoms with Gasteiger partial charge in [0.2, 0.25) is 23.6 Å². The summed E-state index contributed by atoms with van der Waals surface area (Å²) in [5, 5.41) is 52.9. The summed E-state index contributed by atoms with van der Waals surface area (Å²) in [6.07, 6.45) is -14.6. The second-order valence-corrected chi connectivity index (χ2v) is 33.6. The summed E-state index contributed by atoms with van der Waals surface area (Å²) in [6.45, 7) is 0.163. The topological polar surface area (TPSA) is 710 Å². The smallest absolute Gasteiger partial charge is 0.386 e. The van der Waals surface area contributed by atoms with Gasteiger partial charge in [0.05, 0.1) is 39.1 Å². The molecule has 0 aromatic carbocycles. The van der Waals surface area contributed by atoms with Crippen LogP contribution in [0.3, 0.4) is 0 Å². The van der Waals surface area contributed by atoms with Gasteiger partial charge in [0.25, 0.3) is 0 Å². The Hall–Kier alpha value is -4.55. The third-order valence-electron chi connectivity index (χ3n) is 13.9. The third-order valence-corrected chi connectivity index (χ3v) is 22.0. The van der Waals surface area contributed by atoms with Crippen LogP contribution in [0.25, 0.3) is 22.3 Å². The summed E-state index contributed by atoms with van der Waals surface area (Å²) in [4.78, 5) is 165. The average Bonchev–Trinajstić information content (AvgIpc) is 1.62.